The Kier molecular flexibility index (Phi) is 5.38. The summed E-state index contributed by atoms with van der Waals surface area (Å²) in [7, 11) is 0. The van der Waals surface area contributed by atoms with E-state index in [2.05, 4.69) is 0 Å². The standard InChI is InChI=1S/C23H27ClO5/c1-4-27-18-8-5-15(6-9-18)11-16-12-17(7-10-19(16)24)23-21(26)14(2)20(25)22(3,29-23)13-28-23/h5-10,12,14,20-21,25-26H,4,11,13H2,1-3H3/t14-,20-,21+,22-,23-/m0/s1. The highest BCUT2D eigenvalue weighted by molar-refractivity contribution is 6.31. The minimum absolute atomic E-state index is 0.215. The monoisotopic (exact) mass is 418 g/mol. The molecule has 2 aliphatic heterocycles. The fourth-order valence-corrected chi connectivity index (χ4v) is 4.54. The van der Waals surface area contributed by atoms with Gasteiger partial charge in [-0.05, 0) is 55.7 Å². The largest absolute Gasteiger partial charge is 0.494 e. The molecule has 0 saturated carbocycles. The second-order valence-corrected chi connectivity index (χ2v) is 8.59. The SMILES string of the molecule is CCOc1ccc(Cc2cc([C@]34OC[C@](C)(O3)[C@@H](O)[C@H](C)[C@H]4O)ccc2Cl)cc1. The summed E-state index contributed by atoms with van der Waals surface area (Å²) in [5.74, 6) is -0.854. The Bertz CT molecular complexity index is 885. The lowest BCUT2D eigenvalue weighted by molar-refractivity contribution is -0.309. The fraction of sp³-hybridized carbons (Fsp3) is 0.478. The Balaban J connectivity index is 1.65. The normalized spacial score (nSPS) is 33.7. The van der Waals surface area contributed by atoms with E-state index >= 15 is 0 Å². The van der Waals surface area contributed by atoms with Gasteiger partial charge >= 0.3 is 0 Å². The van der Waals surface area contributed by atoms with E-state index in [4.69, 9.17) is 25.8 Å². The number of halogens is 1. The van der Waals surface area contributed by atoms with Crippen LogP contribution in [0.2, 0.25) is 5.02 Å². The smallest absolute Gasteiger partial charge is 0.223 e. The minimum atomic E-state index is -1.30. The molecule has 2 fully saturated rings. The third-order valence-electron chi connectivity index (χ3n) is 6.05. The van der Waals surface area contributed by atoms with Crippen molar-refractivity contribution in [3.63, 3.8) is 0 Å². The molecule has 2 bridgehead atoms. The molecule has 0 unspecified atom stereocenters. The average Bonchev–Trinajstić information content (AvgIpc) is 3.06. The lowest BCUT2D eigenvalue weighted by atomic mass is 9.79. The van der Waals surface area contributed by atoms with Gasteiger partial charge in [0.05, 0.1) is 19.3 Å². The summed E-state index contributed by atoms with van der Waals surface area (Å²) in [5.41, 5.74) is 1.86. The molecule has 0 aliphatic carbocycles. The van der Waals surface area contributed by atoms with Gasteiger partial charge in [-0.25, -0.2) is 0 Å². The maximum absolute atomic E-state index is 10.9. The van der Waals surface area contributed by atoms with Crippen molar-refractivity contribution in [3.05, 3.63) is 64.2 Å². The summed E-state index contributed by atoms with van der Waals surface area (Å²) in [6, 6.07) is 13.5. The number of fused-ring (bicyclic) bond motifs is 2. The number of ether oxygens (including phenoxy) is 3. The highest BCUT2D eigenvalue weighted by Gasteiger charge is 2.64. The summed E-state index contributed by atoms with van der Waals surface area (Å²) in [6.07, 6.45) is -1.17. The molecule has 4 rings (SSSR count). The average molecular weight is 419 g/mol. The molecule has 2 N–H and O–H groups in total. The van der Waals surface area contributed by atoms with Crippen molar-refractivity contribution < 1.29 is 24.4 Å². The third-order valence-corrected chi connectivity index (χ3v) is 6.41. The van der Waals surface area contributed by atoms with E-state index < -0.39 is 23.6 Å². The molecule has 2 aromatic carbocycles. The molecule has 2 aromatic rings. The molecule has 0 aromatic heterocycles. The predicted octanol–water partition coefficient (Wildman–Crippen LogP) is 3.66. The summed E-state index contributed by atoms with van der Waals surface area (Å²) in [6.45, 7) is 6.43. The van der Waals surface area contributed by atoms with Crippen LogP contribution in [0.25, 0.3) is 0 Å². The van der Waals surface area contributed by atoms with E-state index in [1.807, 2.05) is 57.2 Å². The van der Waals surface area contributed by atoms with Gasteiger partial charge in [-0.15, -0.1) is 0 Å². The Labute approximate surface area is 176 Å². The van der Waals surface area contributed by atoms with Gasteiger partial charge in [-0.1, -0.05) is 36.7 Å². The molecular weight excluding hydrogens is 392 g/mol. The van der Waals surface area contributed by atoms with Crippen LogP contribution in [-0.4, -0.2) is 41.2 Å². The van der Waals surface area contributed by atoms with Crippen molar-refractivity contribution in [2.75, 3.05) is 13.2 Å². The molecule has 5 nitrogen and oxygen atoms in total. The second kappa shape index (κ2) is 7.56. The van der Waals surface area contributed by atoms with Crippen LogP contribution in [0.4, 0.5) is 0 Å². The van der Waals surface area contributed by atoms with Crippen molar-refractivity contribution in [2.24, 2.45) is 5.92 Å². The van der Waals surface area contributed by atoms with Gasteiger partial charge in [0.2, 0.25) is 5.79 Å². The van der Waals surface area contributed by atoms with Crippen molar-refractivity contribution in [3.8, 4) is 5.75 Å². The van der Waals surface area contributed by atoms with Gasteiger partial charge in [0, 0.05) is 16.5 Å². The molecule has 2 aliphatic rings. The summed E-state index contributed by atoms with van der Waals surface area (Å²) in [5, 5.41) is 22.1. The molecule has 0 amide bonds. The van der Waals surface area contributed by atoms with E-state index in [0.29, 0.717) is 23.6 Å². The van der Waals surface area contributed by atoms with Crippen LogP contribution < -0.4 is 4.74 Å². The van der Waals surface area contributed by atoms with Gasteiger partial charge in [0.1, 0.15) is 17.5 Å². The highest BCUT2D eigenvalue weighted by atomic mass is 35.5. The van der Waals surface area contributed by atoms with Crippen LogP contribution in [0.15, 0.2) is 42.5 Å². The zero-order chi connectivity index (χ0) is 20.8. The van der Waals surface area contributed by atoms with Crippen LogP contribution in [0.5, 0.6) is 5.75 Å². The van der Waals surface area contributed by atoms with E-state index in [1.54, 1.807) is 6.07 Å². The van der Waals surface area contributed by atoms with Crippen molar-refractivity contribution in [1.82, 2.24) is 0 Å². The molecule has 6 heteroatoms. The molecule has 29 heavy (non-hydrogen) atoms. The fourth-order valence-electron chi connectivity index (χ4n) is 4.35. The maximum Gasteiger partial charge on any atom is 0.223 e. The number of benzene rings is 2. The number of rotatable bonds is 5. The van der Waals surface area contributed by atoms with Gasteiger partial charge < -0.3 is 24.4 Å². The number of hydrogen-bond acceptors (Lipinski definition) is 5. The molecule has 0 spiro atoms. The third kappa shape index (κ3) is 3.45. The first kappa shape index (κ1) is 20.6. The van der Waals surface area contributed by atoms with Crippen molar-refractivity contribution >= 4 is 11.6 Å². The van der Waals surface area contributed by atoms with Gasteiger partial charge in [0.15, 0.2) is 0 Å². The Morgan fingerprint density at radius 1 is 1.14 bits per heavy atom. The second-order valence-electron chi connectivity index (χ2n) is 8.18. The summed E-state index contributed by atoms with van der Waals surface area (Å²) < 4.78 is 17.7. The molecule has 5 atom stereocenters. The number of aliphatic hydroxyl groups is 2. The van der Waals surface area contributed by atoms with E-state index in [0.717, 1.165) is 16.9 Å². The first-order valence-electron chi connectivity index (χ1n) is 10.00. The Hall–Kier alpha value is -1.63. The Morgan fingerprint density at radius 2 is 1.86 bits per heavy atom. The lowest BCUT2D eigenvalue weighted by Crippen LogP contribution is -2.59. The van der Waals surface area contributed by atoms with E-state index in [-0.39, 0.29) is 12.5 Å². The van der Waals surface area contributed by atoms with Crippen LogP contribution in [0, 0.1) is 5.92 Å². The van der Waals surface area contributed by atoms with E-state index in [9.17, 15) is 10.2 Å². The minimum Gasteiger partial charge on any atom is -0.494 e. The van der Waals surface area contributed by atoms with Crippen molar-refractivity contribution in [2.45, 2.75) is 50.8 Å². The van der Waals surface area contributed by atoms with Crippen LogP contribution >= 0.6 is 11.6 Å². The molecule has 2 saturated heterocycles. The van der Waals surface area contributed by atoms with Crippen LogP contribution in [0.3, 0.4) is 0 Å². The van der Waals surface area contributed by atoms with Crippen LogP contribution in [0.1, 0.15) is 37.5 Å². The van der Waals surface area contributed by atoms with Gasteiger partial charge in [0.25, 0.3) is 0 Å². The topological polar surface area (TPSA) is 68.2 Å². The maximum atomic E-state index is 10.9. The first-order chi connectivity index (χ1) is 13.8. The van der Waals surface area contributed by atoms with Gasteiger partial charge in [-0.2, -0.15) is 0 Å². The lowest BCUT2D eigenvalue weighted by Gasteiger charge is -2.46. The van der Waals surface area contributed by atoms with Crippen molar-refractivity contribution in [1.29, 1.82) is 0 Å². The zero-order valence-corrected chi connectivity index (χ0v) is 17.6. The quantitative estimate of drug-likeness (QED) is 0.775. The highest BCUT2D eigenvalue weighted by Crippen LogP contribution is 2.51. The molecular formula is C23H27ClO5. The number of aliphatic hydroxyl groups excluding tert-OH is 2. The molecule has 0 radical (unpaired) electrons. The van der Waals surface area contributed by atoms with Gasteiger partial charge in [-0.3, -0.25) is 0 Å². The first-order valence-corrected chi connectivity index (χ1v) is 10.4. The molecule has 2 heterocycles. The van der Waals surface area contributed by atoms with Crippen LogP contribution in [-0.2, 0) is 21.7 Å². The zero-order valence-electron chi connectivity index (χ0n) is 16.9. The molecule has 156 valence electrons. The predicted molar refractivity (Wildman–Crippen MR) is 110 cm³/mol. The summed E-state index contributed by atoms with van der Waals surface area (Å²) >= 11 is 6.47. The van der Waals surface area contributed by atoms with E-state index in [1.165, 1.54) is 0 Å². The number of hydrogen-bond donors (Lipinski definition) is 2. The Morgan fingerprint density at radius 3 is 2.55 bits per heavy atom. The summed E-state index contributed by atoms with van der Waals surface area (Å²) in [4.78, 5) is 0.